The second-order valence-corrected chi connectivity index (χ2v) is 5.13. The van der Waals surface area contributed by atoms with Crippen LogP contribution >= 0.6 is 0 Å². The number of likely N-dealkylation sites (tertiary alicyclic amines) is 1. The Hall–Kier alpha value is -0.610. The number of hydrogen-bond acceptors (Lipinski definition) is 3. The summed E-state index contributed by atoms with van der Waals surface area (Å²) in [5, 5.41) is 9.78. The molecule has 94 valence electrons. The number of nitrogens with two attached hydrogens (primary N) is 1. The molecule has 4 nitrogen and oxygen atoms in total. The van der Waals surface area contributed by atoms with Gasteiger partial charge in [-0.3, -0.25) is 4.79 Å². The quantitative estimate of drug-likeness (QED) is 0.750. The van der Waals surface area contributed by atoms with E-state index in [0.717, 1.165) is 12.8 Å². The van der Waals surface area contributed by atoms with Crippen molar-refractivity contribution in [1.82, 2.24) is 4.90 Å². The SMILES string of the molecule is CCCC(N)CC(=O)N1CCC(C)(O)CC1. The van der Waals surface area contributed by atoms with Crippen molar-refractivity contribution in [2.75, 3.05) is 13.1 Å². The molecule has 1 aliphatic rings. The third kappa shape index (κ3) is 4.10. The predicted octanol–water partition coefficient (Wildman–Crippen LogP) is 0.877. The Morgan fingerprint density at radius 2 is 2.06 bits per heavy atom. The number of rotatable bonds is 4. The highest BCUT2D eigenvalue weighted by molar-refractivity contribution is 5.76. The maximum Gasteiger partial charge on any atom is 0.224 e. The molecule has 16 heavy (non-hydrogen) atoms. The van der Waals surface area contributed by atoms with Crippen LogP contribution in [0.15, 0.2) is 0 Å². The van der Waals surface area contributed by atoms with Crippen molar-refractivity contribution in [3.8, 4) is 0 Å². The van der Waals surface area contributed by atoms with Gasteiger partial charge in [0.15, 0.2) is 0 Å². The number of carbonyl (C=O) groups excluding carboxylic acids is 1. The van der Waals surface area contributed by atoms with E-state index in [9.17, 15) is 9.90 Å². The largest absolute Gasteiger partial charge is 0.390 e. The Labute approximate surface area is 97.8 Å². The number of hydrogen-bond donors (Lipinski definition) is 2. The molecule has 0 aliphatic carbocycles. The van der Waals surface area contributed by atoms with Crippen molar-refractivity contribution in [2.45, 2.75) is 57.6 Å². The fraction of sp³-hybridized carbons (Fsp3) is 0.917. The van der Waals surface area contributed by atoms with Gasteiger partial charge < -0.3 is 15.7 Å². The molecule has 1 saturated heterocycles. The smallest absolute Gasteiger partial charge is 0.224 e. The summed E-state index contributed by atoms with van der Waals surface area (Å²) in [5.74, 6) is 0.136. The normalized spacial score (nSPS) is 21.9. The summed E-state index contributed by atoms with van der Waals surface area (Å²) in [6, 6.07) is -0.0139. The highest BCUT2D eigenvalue weighted by atomic mass is 16.3. The van der Waals surface area contributed by atoms with Crippen LogP contribution in [0, 0.1) is 0 Å². The van der Waals surface area contributed by atoms with Crippen molar-refractivity contribution >= 4 is 5.91 Å². The van der Waals surface area contributed by atoms with E-state index in [0.29, 0.717) is 32.4 Å². The minimum absolute atomic E-state index is 0.0139. The van der Waals surface area contributed by atoms with E-state index >= 15 is 0 Å². The molecule has 0 aromatic carbocycles. The van der Waals surface area contributed by atoms with E-state index in [4.69, 9.17) is 5.73 Å². The van der Waals surface area contributed by atoms with Crippen LogP contribution in [0.5, 0.6) is 0 Å². The molecular formula is C12H24N2O2. The molecule has 1 fully saturated rings. The topological polar surface area (TPSA) is 66.6 Å². The average molecular weight is 228 g/mol. The summed E-state index contributed by atoms with van der Waals surface area (Å²) in [5.41, 5.74) is 5.25. The van der Waals surface area contributed by atoms with E-state index < -0.39 is 5.60 Å². The zero-order valence-electron chi connectivity index (χ0n) is 10.4. The molecule has 1 heterocycles. The van der Waals surface area contributed by atoms with Gasteiger partial charge in [-0.1, -0.05) is 13.3 Å². The van der Waals surface area contributed by atoms with Gasteiger partial charge in [0.25, 0.3) is 0 Å². The summed E-state index contributed by atoms with van der Waals surface area (Å²) in [4.78, 5) is 13.7. The minimum atomic E-state index is -0.595. The molecule has 1 amide bonds. The molecule has 3 N–H and O–H groups in total. The third-order valence-electron chi connectivity index (χ3n) is 3.29. The molecule has 0 spiro atoms. The summed E-state index contributed by atoms with van der Waals surface area (Å²) in [7, 11) is 0. The second kappa shape index (κ2) is 5.64. The first-order valence-corrected chi connectivity index (χ1v) is 6.20. The zero-order valence-corrected chi connectivity index (χ0v) is 10.4. The van der Waals surface area contributed by atoms with E-state index in [2.05, 4.69) is 6.92 Å². The summed E-state index contributed by atoms with van der Waals surface area (Å²) >= 11 is 0. The minimum Gasteiger partial charge on any atom is -0.390 e. The molecule has 0 aromatic rings. The lowest BCUT2D eigenvalue weighted by molar-refractivity contribution is -0.135. The monoisotopic (exact) mass is 228 g/mol. The molecule has 0 bridgehead atoms. The van der Waals surface area contributed by atoms with Gasteiger partial charge in [0.1, 0.15) is 0 Å². The van der Waals surface area contributed by atoms with Gasteiger partial charge in [-0.15, -0.1) is 0 Å². The first-order valence-electron chi connectivity index (χ1n) is 6.20. The van der Waals surface area contributed by atoms with Crippen molar-refractivity contribution in [1.29, 1.82) is 0 Å². The predicted molar refractivity (Wildman–Crippen MR) is 63.9 cm³/mol. The van der Waals surface area contributed by atoms with Crippen molar-refractivity contribution in [3.05, 3.63) is 0 Å². The van der Waals surface area contributed by atoms with E-state index in [-0.39, 0.29) is 11.9 Å². The van der Waals surface area contributed by atoms with E-state index in [1.807, 2.05) is 11.8 Å². The van der Waals surface area contributed by atoms with Gasteiger partial charge in [0.2, 0.25) is 5.91 Å². The Morgan fingerprint density at radius 3 is 2.56 bits per heavy atom. The standard InChI is InChI=1S/C12H24N2O2/c1-3-4-10(13)9-11(15)14-7-5-12(2,16)6-8-14/h10,16H,3-9,13H2,1-2H3. The third-order valence-corrected chi connectivity index (χ3v) is 3.29. The lowest BCUT2D eigenvalue weighted by atomic mass is 9.93. The zero-order chi connectivity index (χ0) is 12.2. The highest BCUT2D eigenvalue weighted by Crippen LogP contribution is 2.21. The summed E-state index contributed by atoms with van der Waals surface area (Å²) < 4.78 is 0. The van der Waals surface area contributed by atoms with Gasteiger partial charge in [-0.2, -0.15) is 0 Å². The van der Waals surface area contributed by atoms with Gasteiger partial charge in [0, 0.05) is 25.6 Å². The Bertz CT molecular complexity index is 231. The maximum absolute atomic E-state index is 11.9. The maximum atomic E-state index is 11.9. The fourth-order valence-electron chi connectivity index (χ4n) is 2.06. The molecule has 0 radical (unpaired) electrons. The van der Waals surface area contributed by atoms with Crippen LogP contribution < -0.4 is 5.73 Å². The molecule has 1 rings (SSSR count). The second-order valence-electron chi connectivity index (χ2n) is 5.13. The number of piperidine rings is 1. The molecular weight excluding hydrogens is 204 g/mol. The number of carbonyl (C=O) groups is 1. The van der Waals surface area contributed by atoms with Crippen LogP contribution in [0.3, 0.4) is 0 Å². The molecule has 4 heteroatoms. The summed E-state index contributed by atoms with van der Waals surface area (Å²) in [6.07, 6.45) is 3.69. The lowest BCUT2D eigenvalue weighted by Gasteiger charge is -2.36. The highest BCUT2D eigenvalue weighted by Gasteiger charge is 2.29. The van der Waals surface area contributed by atoms with Gasteiger partial charge >= 0.3 is 0 Å². The fourth-order valence-corrected chi connectivity index (χ4v) is 2.06. The average Bonchev–Trinajstić information content (AvgIpc) is 2.17. The van der Waals surface area contributed by atoms with Crippen molar-refractivity contribution < 1.29 is 9.90 Å². The molecule has 0 saturated carbocycles. The van der Waals surface area contributed by atoms with Crippen LogP contribution in [-0.2, 0) is 4.79 Å². The molecule has 1 unspecified atom stereocenters. The van der Waals surface area contributed by atoms with Crippen molar-refractivity contribution in [3.63, 3.8) is 0 Å². The summed E-state index contributed by atoms with van der Waals surface area (Å²) in [6.45, 7) is 5.22. The first-order chi connectivity index (χ1) is 7.44. The Balaban J connectivity index is 2.33. The Morgan fingerprint density at radius 1 is 1.50 bits per heavy atom. The van der Waals surface area contributed by atoms with Gasteiger partial charge in [-0.25, -0.2) is 0 Å². The molecule has 0 aromatic heterocycles. The molecule has 1 aliphatic heterocycles. The molecule has 1 atom stereocenters. The lowest BCUT2D eigenvalue weighted by Crippen LogP contribution is -2.46. The first kappa shape index (κ1) is 13.5. The number of aliphatic hydroxyl groups is 1. The van der Waals surface area contributed by atoms with Crippen LogP contribution in [0.4, 0.5) is 0 Å². The van der Waals surface area contributed by atoms with Gasteiger partial charge in [-0.05, 0) is 26.2 Å². The number of amides is 1. The van der Waals surface area contributed by atoms with E-state index in [1.165, 1.54) is 0 Å². The van der Waals surface area contributed by atoms with Crippen LogP contribution in [0.1, 0.15) is 46.0 Å². The van der Waals surface area contributed by atoms with Gasteiger partial charge in [0.05, 0.1) is 5.60 Å². The van der Waals surface area contributed by atoms with Crippen LogP contribution in [0.25, 0.3) is 0 Å². The Kier molecular flexibility index (Phi) is 4.74. The van der Waals surface area contributed by atoms with Crippen LogP contribution in [0.2, 0.25) is 0 Å². The van der Waals surface area contributed by atoms with Crippen molar-refractivity contribution in [2.24, 2.45) is 5.73 Å². The van der Waals surface area contributed by atoms with Crippen LogP contribution in [-0.4, -0.2) is 40.6 Å². The number of nitrogens with zero attached hydrogens (tertiary/aromatic N) is 1. The van der Waals surface area contributed by atoms with E-state index in [1.54, 1.807) is 0 Å².